The number of nitrogens with one attached hydrogen (secondary N) is 2. The Kier molecular flexibility index (Phi) is 5.46. The minimum absolute atomic E-state index is 0.278. The molecule has 18 heavy (non-hydrogen) atoms. The van der Waals surface area contributed by atoms with Crippen molar-refractivity contribution < 1.29 is 19.4 Å². The topological polar surface area (TPSA) is 87.7 Å². The van der Waals surface area contributed by atoms with Crippen molar-refractivity contribution in [3.8, 4) is 12.3 Å². The van der Waals surface area contributed by atoms with Crippen LogP contribution in [0.4, 0.5) is 4.79 Å². The Balaban J connectivity index is 2.44. The Morgan fingerprint density at radius 1 is 1.39 bits per heavy atom. The number of hydrogen-bond acceptors (Lipinski definition) is 3. The van der Waals surface area contributed by atoms with Crippen molar-refractivity contribution in [2.24, 2.45) is 0 Å². The van der Waals surface area contributed by atoms with Crippen LogP contribution in [0.3, 0.4) is 0 Å². The van der Waals surface area contributed by atoms with Crippen molar-refractivity contribution in [1.82, 2.24) is 10.6 Å². The van der Waals surface area contributed by atoms with Gasteiger partial charge in [0.25, 0.3) is 0 Å². The standard InChI is InChI=1S/C12H18N2O4/c1-2-3-4-7-13-11(17)14-12(10(15)16)5-8-18-9-6-12/h1H,3-9H2,(H,15,16)(H2,13,14,17). The fourth-order valence-corrected chi connectivity index (χ4v) is 1.77. The van der Waals surface area contributed by atoms with Gasteiger partial charge in [-0.15, -0.1) is 12.3 Å². The Labute approximate surface area is 106 Å². The molecule has 1 aliphatic rings. The van der Waals surface area contributed by atoms with Crippen molar-refractivity contribution in [3.63, 3.8) is 0 Å². The monoisotopic (exact) mass is 254 g/mol. The maximum atomic E-state index is 11.6. The lowest BCUT2D eigenvalue weighted by molar-refractivity contribution is -0.148. The lowest BCUT2D eigenvalue weighted by Crippen LogP contribution is -2.59. The summed E-state index contributed by atoms with van der Waals surface area (Å²) in [6, 6.07) is -0.476. The molecule has 0 unspecified atom stereocenters. The number of amides is 2. The number of ether oxygens (including phenoxy) is 1. The second kappa shape index (κ2) is 6.87. The summed E-state index contributed by atoms with van der Waals surface area (Å²) in [6.45, 7) is 1.11. The number of rotatable bonds is 5. The molecule has 0 atom stereocenters. The highest BCUT2D eigenvalue weighted by Crippen LogP contribution is 2.20. The zero-order chi connectivity index (χ0) is 13.4. The summed E-state index contributed by atoms with van der Waals surface area (Å²) in [6.07, 6.45) is 6.90. The quantitative estimate of drug-likeness (QED) is 0.487. The molecule has 0 aromatic heterocycles. The predicted molar refractivity (Wildman–Crippen MR) is 65.0 cm³/mol. The molecular formula is C12H18N2O4. The van der Waals surface area contributed by atoms with E-state index in [4.69, 9.17) is 11.2 Å². The second-order valence-electron chi connectivity index (χ2n) is 4.19. The third-order valence-corrected chi connectivity index (χ3v) is 2.89. The highest BCUT2D eigenvalue weighted by Gasteiger charge is 2.41. The van der Waals surface area contributed by atoms with Gasteiger partial charge in [-0.1, -0.05) is 0 Å². The van der Waals surface area contributed by atoms with E-state index in [-0.39, 0.29) is 12.8 Å². The van der Waals surface area contributed by atoms with Crippen LogP contribution in [0.5, 0.6) is 0 Å². The van der Waals surface area contributed by atoms with Crippen LogP contribution in [0.25, 0.3) is 0 Å². The highest BCUT2D eigenvalue weighted by molar-refractivity contribution is 5.86. The molecule has 1 fully saturated rings. The SMILES string of the molecule is C#CCCCNC(=O)NC1(C(=O)O)CCOCC1. The van der Waals surface area contributed by atoms with E-state index in [2.05, 4.69) is 16.6 Å². The van der Waals surface area contributed by atoms with Gasteiger partial charge < -0.3 is 20.5 Å². The van der Waals surface area contributed by atoms with Crippen LogP contribution in [-0.2, 0) is 9.53 Å². The first-order valence-corrected chi connectivity index (χ1v) is 5.91. The Morgan fingerprint density at radius 3 is 2.61 bits per heavy atom. The largest absolute Gasteiger partial charge is 0.480 e. The summed E-state index contributed by atoms with van der Waals surface area (Å²) in [5.41, 5.74) is -1.21. The van der Waals surface area contributed by atoms with Crippen LogP contribution < -0.4 is 10.6 Å². The number of aliphatic carboxylic acids is 1. The fraction of sp³-hybridized carbons (Fsp3) is 0.667. The van der Waals surface area contributed by atoms with Gasteiger partial charge in [0.15, 0.2) is 0 Å². The second-order valence-corrected chi connectivity index (χ2v) is 4.19. The van der Waals surface area contributed by atoms with Crippen LogP contribution >= 0.6 is 0 Å². The molecule has 1 heterocycles. The van der Waals surface area contributed by atoms with Crippen LogP contribution in [-0.4, -0.2) is 42.4 Å². The van der Waals surface area contributed by atoms with E-state index in [1.54, 1.807) is 0 Å². The molecule has 2 amide bonds. The minimum atomic E-state index is -1.21. The molecule has 6 nitrogen and oxygen atoms in total. The maximum Gasteiger partial charge on any atom is 0.329 e. The van der Waals surface area contributed by atoms with Crippen LogP contribution in [0.2, 0.25) is 0 Å². The molecule has 3 N–H and O–H groups in total. The van der Waals surface area contributed by atoms with Crippen molar-refractivity contribution in [2.45, 2.75) is 31.2 Å². The number of carbonyl (C=O) groups excluding carboxylic acids is 1. The lowest BCUT2D eigenvalue weighted by atomic mass is 9.90. The number of urea groups is 1. The molecule has 1 rings (SSSR count). The molecule has 0 bridgehead atoms. The third kappa shape index (κ3) is 3.93. The molecule has 1 aliphatic heterocycles. The number of carbonyl (C=O) groups is 2. The molecule has 100 valence electrons. The number of terminal acetylenes is 1. The van der Waals surface area contributed by atoms with Crippen molar-refractivity contribution in [2.75, 3.05) is 19.8 Å². The summed E-state index contributed by atoms with van der Waals surface area (Å²) < 4.78 is 5.11. The number of carboxylic acids is 1. The fourth-order valence-electron chi connectivity index (χ4n) is 1.77. The first-order valence-electron chi connectivity index (χ1n) is 5.91. The van der Waals surface area contributed by atoms with Crippen molar-refractivity contribution in [1.29, 1.82) is 0 Å². The van der Waals surface area contributed by atoms with E-state index < -0.39 is 17.5 Å². The van der Waals surface area contributed by atoms with Gasteiger partial charge in [0.1, 0.15) is 5.54 Å². The van der Waals surface area contributed by atoms with Gasteiger partial charge in [-0.2, -0.15) is 0 Å². The molecule has 0 aromatic carbocycles. The molecular weight excluding hydrogens is 236 g/mol. The third-order valence-electron chi connectivity index (χ3n) is 2.89. The van der Waals surface area contributed by atoms with Crippen molar-refractivity contribution in [3.05, 3.63) is 0 Å². The van der Waals surface area contributed by atoms with Gasteiger partial charge >= 0.3 is 12.0 Å². The maximum absolute atomic E-state index is 11.6. The number of unbranched alkanes of at least 4 members (excludes halogenated alkanes) is 1. The van der Waals surface area contributed by atoms with Gasteiger partial charge in [0, 0.05) is 39.0 Å². The average Bonchev–Trinajstić information content (AvgIpc) is 2.35. The molecule has 0 aromatic rings. The molecule has 0 saturated carbocycles. The highest BCUT2D eigenvalue weighted by atomic mass is 16.5. The van der Waals surface area contributed by atoms with E-state index in [0.29, 0.717) is 32.6 Å². The first kappa shape index (κ1) is 14.3. The molecule has 0 radical (unpaired) electrons. The van der Waals surface area contributed by atoms with E-state index >= 15 is 0 Å². The smallest absolute Gasteiger partial charge is 0.329 e. The van der Waals surface area contributed by atoms with Gasteiger partial charge in [0.2, 0.25) is 0 Å². The summed E-state index contributed by atoms with van der Waals surface area (Å²) in [7, 11) is 0. The summed E-state index contributed by atoms with van der Waals surface area (Å²) in [5.74, 6) is 1.44. The summed E-state index contributed by atoms with van der Waals surface area (Å²) in [4.78, 5) is 22.9. The minimum Gasteiger partial charge on any atom is -0.480 e. The zero-order valence-corrected chi connectivity index (χ0v) is 10.2. The van der Waals surface area contributed by atoms with Crippen LogP contribution in [0, 0.1) is 12.3 Å². The van der Waals surface area contributed by atoms with E-state index in [0.717, 1.165) is 0 Å². The lowest BCUT2D eigenvalue weighted by Gasteiger charge is -2.33. The number of carboxylic acid groups (broad SMARTS) is 1. The van der Waals surface area contributed by atoms with Gasteiger partial charge in [-0.3, -0.25) is 0 Å². The van der Waals surface area contributed by atoms with Crippen LogP contribution in [0.1, 0.15) is 25.7 Å². The Morgan fingerprint density at radius 2 is 2.06 bits per heavy atom. The molecule has 6 heteroatoms. The number of hydrogen-bond donors (Lipinski definition) is 3. The van der Waals surface area contributed by atoms with Crippen molar-refractivity contribution >= 4 is 12.0 Å². The van der Waals surface area contributed by atoms with Gasteiger partial charge in [0.05, 0.1) is 0 Å². The first-order chi connectivity index (χ1) is 8.60. The van der Waals surface area contributed by atoms with Crippen LogP contribution in [0.15, 0.2) is 0 Å². The van der Waals surface area contributed by atoms with E-state index in [1.165, 1.54) is 0 Å². The average molecular weight is 254 g/mol. The van der Waals surface area contributed by atoms with Gasteiger partial charge in [-0.05, 0) is 6.42 Å². The summed E-state index contributed by atoms with van der Waals surface area (Å²) in [5, 5.41) is 14.3. The molecule has 0 aliphatic carbocycles. The Hall–Kier alpha value is -1.74. The zero-order valence-electron chi connectivity index (χ0n) is 10.2. The Bertz CT molecular complexity index is 342. The van der Waals surface area contributed by atoms with Gasteiger partial charge in [-0.25, -0.2) is 9.59 Å². The molecule has 0 spiro atoms. The predicted octanol–water partition coefficient (Wildman–Crippen LogP) is 0.333. The molecule has 1 saturated heterocycles. The normalized spacial score (nSPS) is 17.5. The van der Waals surface area contributed by atoms with E-state index in [1.807, 2.05) is 0 Å². The summed E-state index contributed by atoms with van der Waals surface area (Å²) >= 11 is 0. The van der Waals surface area contributed by atoms with E-state index in [9.17, 15) is 14.7 Å².